The van der Waals surface area contributed by atoms with Gasteiger partial charge in [-0.3, -0.25) is 28.8 Å². The normalized spacial score (nSPS) is 15.1. The van der Waals surface area contributed by atoms with Gasteiger partial charge in [0, 0.05) is 18.3 Å². The van der Waals surface area contributed by atoms with Crippen LogP contribution in [0.3, 0.4) is 0 Å². The second-order valence-electron chi connectivity index (χ2n) is 10.5. The van der Waals surface area contributed by atoms with Gasteiger partial charge in [0.05, 0.1) is 25.3 Å². The molecule has 1 aromatic heterocycles. The molecule has 43 heavy (non-hydrogen) atoms. The van der Waals surface area contributed by atoms with Crippen LogP contribution in [0.5, 0.6) is 0 Å². The van der Waals surface area contributed by atoms with Gasteiger partial charge in [0.15, 0.2) is 0 Å². The zero-order valence-electron chi connectivity index (χ0n) is 24.8. The van der Waals surface area contributed by atoms with Crippen molar-refractivity contribution in [3.8, 4) is 0 Å². The highest BCUT2D eigenvalue weighted by atomic mass is 16.4. The number of nitrogens with zero attached hydrogens (tertiary/aromatic N) is 1. The maximum Gasteiger partial charge on any atom is 0.326 e. The summed E-state index contributed by atoms with van der Waals surface area (Å²) in [5.74, 6) is -7.77. The van der Waals surface area contributed by atoms with Gasteiger partial charge in [-0.25, -0.2) is 9.78 Å². The van der Waals surface area contributed by atoms with E-state index >= 15 is 0 Å². The third kappa shape index (κ3) is 12.5. The molecule has 6 atom stereocenters. The lowest BCUT2D eigenvalue weighted by Crippen LogP contribution is -2.59. The van der Waals surface area contributed by atoms with E-state index in [2.05, 4.69) is 36.6 Å². The molecule has 0 unspecified atom stereocenters. The van der Waals surface area contributed by atoms with Crippen molar-refractivity contribution in [3.05, 3.63) is 18.2 Å². The van der Waals surface area contributed by atoms with Crippen molar-refractivity contribution in [2.75, 3.05) is 6.54 Å². The van der Waals surface area contributed by atoms with Gasteiger partial charge in [-0.15, -0.1) is 0 Å². The molecular formula is C26H42N8O9. The fourth-order valence-electron chi connectivity index (χ4n) is 3.76. The van der Waals surface area contributed by atoms with Crippen molar-refractivity contribution in [3.63, 3.8) is 0 Å². The molecule has 1 heterocycles. The lowest BCUT2D eigenvalue weighted by molar-refractivity contribution is -0.144. The van der Waals surface area contributed by atoms with Gasteiger partial charge < -0.3 is 47.5 Å². The molecule has 1 aromatic rings. The van der Waals surface area contributed by atoms with Crippen molar-refractivity contribution in [1.82, 2.24) is 36.6 Å². The highest BCUT2D eigenvalue weighted by Crippen LogP contribution is 2.10. The Labute approximate surface area is 248 Å². The fraction of sp³-hybridized carbons (Fsp3) is 0.615. The number of hydrogen-bond acceptors (Lipinski definition) is 9. The summed E-state index contributed by atoms with van der Waals surface area (Å²) in [6, 6.07) is -6.20. The number of nitrogens with one attached hydrogen (secondary N) is 6. The first-order valence-corrected chi connectivity index (χ1v) is 13.7. The van der Waals surface area contributed by atoms with Crippen LogP contribution < -0.4 is 32.3 Å². The highest BCUT2D eigenvalue weighted by molar-refractivity contribution is 5.96. The average molecular weight is 611 g/mol. The summed E-state index contributed by atoms with van der Waals surface area (Å²) in [7, 11) is 0. The molecule has 0 aliphatic rings. The molecule has 0 aliphatic heterocycles. The van der Waals surface area contributed by atoms with Crippen LogP contribution in [0.2, 0.25) is 0 Å². The summed E-state index contributed by atoms with van der Waals surface area (Å²) in [5.41, 5.74) is 6.11. The van der Waals surface area contributed by atoms with Gasteiger partial charge >= 0.3 is 11.9 Å². The van der Waals surface area contributed by atoms with E-state index in [1.54, 1.807) is 27.7 Å². The number of carbonyl (C=O) groups excluding carboxylic acids is 5. The van der Waals surface area contributed by atoms with E-state index in [0.717, 1.165) is 0 Å². The van der Waals surface area contributed by atoms with Crippen molar-refractivity contribution in [2.24, 2.45) is 17.6 Å². The van der Waals surface area contributed by atoms with Gasteiger partial charge in [0.25, 0.3) is 0 Å². The maximum atomic E-state index is 13.1. The molecule has 240 valence electrons. The topological polar surface area (TPSA) is 275 Å². The highest BCUT2D eigenvalue weighted by Gasteiger charge is 2.33. The number of hydrogen-bond donors (Lipinski definition) is 9. The molecule has 0 fully saturated rings. The standard InChI is InChI=1S/C26H42N8O9/c1-6-13(4)21(26(42)43)34-24(40)17(8-19(36)37)32-25(41)20(12(2)3)33-18(35)10-29-23(39)16(31-22(38)14(5)27)7-15-9-28-11-30-15/h9,11-14,16-17,20-21H,6-8,10,27H2,1-5H3,(H,28,30)(H,29,39)(H,31,38)(H,32,41)(H,33,35)(H,34,40)(H,36,37)(H,42,43)/t13-,14-,16-,17-,20-,21-/m0/s1. The van der Waals surface area contributed by atoms with E-state index < -0.39 is 96.5 Å². The summed E-state index contributed by atoms with van der Waals surface area (Å²) in [6.07, 6.45) is 2.44. The van der Waals surface area contributed by atoms with Crippen LogP contribution in [-0.4, -0.2) is 98.4 Å². The quantitative estimate of drug-likeness (QED) is 0.0846. The van der Waals surface area contributed by atoms with E-state index in [9.17, 15) is 43.8 Å². The van der Waals surface area contributed by atoms with Crippen LogP contribution in [0.4, 0.5) is 0 Å². The Morgan fingerprint density at radius 2 is 1.49 bits per heavy atom. The number of carboxylic acid groups (broad SMARTS) is 2. The van der Waals surface area contributed by atoms with Gasteiger partial charge in [0.2, 0.25) is 29.5 Å². The van der Waals surface area contributed by atoms with E-state index in [1.165, 1.54) is 19.4 Å². The minimum Gasteiger partial charge on any atom is -0.481 e. The van der Waals surface area contributed by atoms with E-state index in [0.29, 0.717) is 12.1 Å². The lowest BCUT2D eigenvalue weighted by Gasteiger charge is -2.27. The summed E-state index contributed by atoms with van der Waals surface area (Å²) in [6.45, 7) is 7.34. The van der Waals surface area contributed by atoms with Gasteiger partial charge in [-0.05, 0) is 18.8 Å². The molecule has 0 radical (unpaired) electrons. The Balaban J connectivity index is 2.93. The summed E-state index contributed by atoms with van der Waals surface area (Å²) < 4.78 is 0. The Hall–Kier alpha value is -4.54. The minimum absolute atomic E-state index is 0.0235. The number of rotatable bonds is 18. The Morgan fingerprint density at radius 1 is 0.860 bits per heavy atom. The minimum atomic E-state index is -1.63. The predicted octanol–water partition coefficient (Wildman–Crippen LogP) is -2.38. The molecule has 5 amide bonds. The fourth-order valence-corrected chi connectivity index (χ4v) is 3.76. The van der Waals surface area contributed by atoms with Gasteiger partial charge in [-0.2, -0.15) is 0 Å². The summed E-state index contributed by atoms with van der Waals surface area (Å²) in [5, 5.41) is 30.6. The smallest absolute Gasteiger partial charge is 0.326 e. The molecule has 0 aliphatic carbocycles. The number of carbonyl (C=O) groups is 7. The van der Waals surface area contributed by atoms with Crippen molar-refractivity contribution >= 4 is 41.5 Å². The van der Waals surface area contributed by atoms with Crippen LogP contribution in [0.1, 0.15) is 53.2 Å². The summed E-state index contributed by atoms with van der Waals surface area (Å²) >= 11 is 0. The zero-order chi connectivity index (χ0) is 32.9. The number of nitrogens with two attached hydrogens (primary N) is 1. The first-order valence-electron chi connectivity index (χ1n) is 13.7. The van der Waals surface area contributed by atoms with Crippen molar-refractivity contribution in [1.29, 1.82) is 0 Å². The van der Waals surface area contributed by atoms with Crippen LogP contribution in [0.15, 0.2) is 12.5 Å². The molecule has 0 aromatic carbocycles. The first-order chi connectivity index (χ1) is 20.1. The molecule has 17 nitrogen and oxygen atoms in total. The van der Waals surface area contributed by atoms with Crippen molar-refractivity contribution in [2.45, 2.75) is 84.1 Å². The monoisotopic (exact) mass is 610 g/mol. The molecule has 17 heteroatoms. The van der Waals surface area contributed by atoms with E-state index in [-0.39, 0.29) is 6.42 Å². The van der Waals surface area contributed by atoms with Gasteiger partial charge in [0.1, 0.15) is 24.2 Å². The molecule has 1 rings (SSSR count). The zero-order valence-corrected chi connectivity index (χ0v) is 24.8. The number of aliphatic carboxylic acids is 2. The Kier molecular flexibility index (Phi) is 14.8. The van der Waals surface area contributed by atoms with Crippen LogP contribution in [0, 0.1) is 11.8 Å². The number of imidazole rings is 1. The van der Waals surface area contributed by atoms with E-state index in [1.807, 2.05) is 0 Å². The van der Waals surface area contributed by atoms with Crippen LogP contribution in [0.25, 0.3) is 0 Å². The Bertz CT molecular complexity index is 1140. The van der Waals surface area contributed by atoms with E-state index in [4.69, 9.17) is 5.73 Å². The molecule has 0 bridgehead atoms. The molecule has 0 saturated carbocycles. The predicted molar refractivity (Wildman–Crippen MR) is 151 cm³/mol. The van der Waals surface area contributed by atoms with Crippen LogP contribution in [-0.2, 0) is 40.0 Å². The Morgan fingerprint density at radius 3 is 1.98 bits per heavy atom. The third-order valence-electron chi connectivity index (χ3n) is 6.50. The number of aromatic nitrogens is 2. The molecule has 0 saturated heterocycles. The van der Waals surface area contributed by atoms with Crippen molar-refractivity contribution < 1.29 is 43.8 Å². The van der Waals surface area contributed by atoms with Crippen LogP contribution >= 0.6 is 0 Å². The number of carboxylic acids is 2. The number of H-pyrrole nitrogens is 1. The maximum absolute atomic E-state index is 13.1. The second-order valence-corrected chi connectivity index (χ2v) is 10.5. The SMILES string of the molecule is CC[C@H](C)[C@H](NC(=O)[C@H](CC(=O)O)NC(=O)[C@@H](NC(=O)CNC(=O)[C@H](Cc1cnc[nH]1)NC(=O)[C@H](C)N)C(C)C)C(=O)O. The second kappa shape index (κ2) is 17.4. The van der Waals surface area contributed by atoms with Gasteiger partial charge in [-0.1, -0.05) is 34.1 Å². The summed E-state index contributed by atoms with van der Waals surface area (Å²) in [4.78, 5) is 93.2. The molecule has 0 spiro atoms. The average Bonchev–Trinajstić information content (AvgIpc) is 3.44. The lowest BCUT2D eigenvalue weighted by atomic mass is 9.98. The third-order valence-corrected chi connectivity index (χ3v) is 6.50. The number of aromatic amines is 1. The largest absolute Gasteiger partial charge is 0.481 e. The number of amides is 5. The first kappa shape index (κ1) is 36.5. The molecular weight excluding hydrogens is 568 g/mol. The molecule has 10 N–H and O–H groups in total.